The number of rotatable bonds is 1. The monoisotopic (exact) mass is 102 g/mol. The zero-order valence-electron chi connectivity index (χ0n) is 7.71. The summed E-state index contributed by atoms with van der Waals surface area (Å²) in [7, 11) is 0. The van der Waals surface area contributed by atoms with Crippen LogP contribution in [-0.4, -0.2) is 0 Å². The molecule has 0 aliphatic carbocycles. The van der Waals surface area contributed by atoms with Crippen molar-refractivity contribution < 1.29 is 2.74 Å². The first-order chi connectivity index (χ1) is 3.81. The fraction of sp³-hybridized carbons (Fsp3) is 1.00. The standard InChI is InChI=1S/C7H16/c1-5-6-7(2,3)4/h5-6H2,1-4H3/i6D2. The highest BCUT2D eigenvalue weighted by molar-refractivity contribution is 4.58. The van der Waals surface area contributed by atoms with Crippen molar-refractivity contribution in [1.29, 1.82) is 0 Å². The van der Waals surface area contributed by atoms with Gasteiger partial charge in [-0.15, -0.1) is 0 Å². The van der Waals surface area contributed by atoms with Crippen LogP contribution in [0.1, 0.15) is 43.2 Å². The van der Waals surface area contributed by atoms with Gasteiger partial charge in [0.25, 0.3) is 0 Å². The lowest BCUT2D eigenvalue weighted by molar-refractivity contribution is 0.373. The van der Waals surface area contributed by atoms with E-state index in [1.54, 1.807) is 0 Å². The first-order valence-corrected chi connectivity index (χ1v) is 2.81. The van der Waals surface area contributed by atoms with Crippen LogP contribution >= 0.6 is 0 Å². The molecule has 0 spiro atoms. The van der Waals surface area contributed by atoms with Crippen molar-refractivity contribution in [2.24, 2.45) is 5.41 Å². The van der Waals surface area contributed by atoms with Gasteiger partial charge in [-0.05, 0) is 11.8 Å². The lowest BCUT2D eigenvalue weighted by Gasteiger charge is -2.15. The Balaban J connectivity index is 4.14. The molecule has 0 rings (SSSR count). The molecular weight excluding hydrogens is 84.1 g/mol. The summed E-state index contributed by atoms with van der Waals surface area (Å²) < 4.78 is 15.0. The quantitative estimate of drug-likeness (QED) is 0.477. The first kappa shape index (κ1) is 3.94. The maximum absolute atomic E-state index is 7.49. The molecule has 0 atom stereocenters. The molecule has 0 saturated carbocycles. The van der Waals surface area contributed by atoms with Crippen molar-refractivity contribution in [1.82, 2.24) is 0 Å². The second-order valence-corrected chi connectivity index (χ2v) is 2.78. The van der Waals surface area contributed by atoms with Crippen molar-refractivity contribution in [3.05, 3.63) is 0 Å². The zero-order chi connectivity index (χ0) is 7.71. The average molecular weight is 102 g/mol. The SMILES string of the molecule is [2H]C([2H])(CC)C(C)(C)C. The summed E-state index contributed by atoms with van der Waals surface area (Å²) in [6, 6.07) is 0. The lowest BCUT2D eigenvalue weighted by Crippen LogP contribution is -2.02. The van der Waals surface area contributed by atoms with E-state index in [9.17, 15) is 0 Å². The molecule has 0 fully saturated rings. The Kier molecular flexibility index (Phi) is 1.32. The molecule has 7 heavy (non-hydrogen) atoms. The highest BCUT2D eigenvalue weighted by Crippen LogP contribution is 2.19. The fourth-order valence-corrected chi connectivity index (χ4v) is 0.530. The van der Waals surface area contributed by atoms with Crippen molar-refractivity contribution in [2.45, 2.75) is 40.5 Å². The van der Waals surface area contributed by atoms with E-state index in [1.165, 1.54) is 0 Å². The Labute approximate surface area is 49.7 Å². The molecule has 0 heterocycles. The van der Waals surface area contributed by atoms with Crippen LogP contribution in [0.15, 0.2) is 0 Å². The van der Waals surface area contributed by atoms with Gasteiger partial charge in [0.1, 0.15) is 0 Å². The van der Waals surface area contributed by atoms with Gasteiger partial charge in [0, 0.05) is 2.74 Å². The van der Waals surface area contributed by atoms with Crippen LogP contribution in [0, 0.1) is 5.41 Å². The summed E-state index contributed by atoms with van der Waals surface area (Å²) in [4.78, 5) is 0. The molecule has 0 nitrogen and oxygen atoms in total. The van der Waals surface area contributed by atoms with Crippen molar-refractivity contribution in [3.63, 3.8) is 0 Å². The van der Waals surface area contributed by atoms with Crippen LogP contribution < -0.4 is 0 Å². The Morgan fingerprint density at radius 1 is 1.43 bits per heavy atom. The predicted octanol–water partition coefficient (Wildman–Crippen LogP) is 2.83. The van der Waals surface area contributed by atoms with Gasteiger partial charge in [-0.25, -0.2) is 0 Å². The topological polar surface area (TPSA) is 0 Å². The third-order valence-electron chi connectivity index (χ3n) is 0.707. The normalized spacial score (nSPS) is 18.3. The van der Waals surface area contributed by atoms with E-state index >= 15 is 0 Å². The minimum atomic E-state index is -1.02. The molecular formula is C7H16. The molecule has 0 radical (unpaired) electrons. The third kappa shape index (κ3) is 6.00. The Morgan fingerprint density at radius 3 is 1.86 bits per heavy atom. The first-order valence-electron chi connectivity index (χ1n) is 3.81. The smallest absolute Gasteiger partial charge is 0.0272 e. The summed E-state index contributed by atoms with van der Waals surface area (Å²) >= 11 is 0. The summed E-state index contributed by atoms with van der Waals surface area (Å²) in [6.07, 6.45) is -0.427. The minimum absolute atomic E-state index is 0.220. The molecule has 0 N–H and O–H groups in total. The summed E-state index contributed by atoms with van der Waals surface area (Å²) in [5.74, 6) is 0. The average Bonchev–Trinajstić information content (AvgIpc) is 1.64. The molecule has 0 heteroatoms. The van der Waals surface area contributed by atoms with Crippen LogP contribution in [0.2, 0.25) is 0 Å². The van der Waals surface area contributed by atoms with Gasteiger partial charge in [-0.3, -0.25) is 0 Å². The highest BCUT2D eigenvalue weighted by atomic mass is 14.1. The van der Waals surface area contributed by atoms with E-state index in [2.05, 4.69) is 0 Å². The van der Waals surface area contributed by atoms with Gasteiger partial charge in [0.05, 0.1) is 0 Å². The maximum atomic E-state index is 7.49. The van der Waals surface area contributed by atoms with Crippen LogP contribution in [0.4, 0.5) is 0 Å². The summed E-state index contributed by atoms with van der Waals surface area (Å²) in [6.45, 7) is 7.66. The van der Waals surface area contributed by atoms with E-state index in [-0.39, 0.29) is 5.41 Å². The number of hydrogen-bond donors (Lipinski definition) is 0. The third-order valence-corrected chi connectivity index (χ3v) is 0.707. The van der Waals surface area contributed by atoms with Gasteiger partial charge < -0.3 is 0 Å². The molecule has 0 bridgehead atoms. The summed E-state index contributed by atoms with van der Waals surface area (Å²) in [5.41, 5.74) is -0.220. The van der Waals surface area contributed by atoms with E-state index in [4.69, 9.17) is 2.74 Å². The Bertz CT molecular complexity index is 89.6. The van der Waals surface area contributed by atoms with Crippen molar-refractivity contribution in [2.75, 3.05) is 0 Å². The predicted molar refractivity (Wildman–Crippen MR) is 34.4 cm³/mol. The molecule has 0 amide bonds. The van der Waals surface area contributed by atoms with Crippen molar-refractivity contribution >= 4 is 0 Å². The zero-order valence-corrected chi connectivity index (χ0v) is 5.71. The molecule has 0 aromatic heterocycles. The molecule has 0 saturated heterocycles. The minimum Gasteiger partial charge on any atom is -0.0654 e. The van der Waals surface area contributed by atoms with Crippen LogP contribution in [0.25, 0.3) is 0 Å². The Morgan fingerprint density at radius 2 is 1.86 bits per heavy atom. The molecule has 0 unspecified atom stereocenters. The van der Waals surface area contributed by atoms with Gasteiger partial charge in [-0.2, -0.15) is 0 Å². The van der Waals surface area contributed by atoms with Gasteiger partial charge >= 0.3 is 0 Å². The molecule has 0 aliphatic heterocycles. The van der Waals surface area contributed by atoms with Gasteiger partial charge in [0.15, 0.2) is 0 Å². The van der Waals surface area contributed by atoms with E-state index in [1.807, 2.05) is 27.7 Å². The van der Waals surface area contributed by atoms with E-state index in [0.29, 0.717) is 6.42 Å². The van der Waals surface area contributed by atoms with Crippen LogP contribution in [-0.2, 0) is 0 Å². The maximum Gasteiger partial charge on any atom is 0.0272 e. The van der Waals surface area contributed by atoms with Crippen LogP contribution in [0.5, 0.6) is 0 Å². The number of hydrogen-bond acceptors (Lipinski definition) is 0. The lowest BCUT2D eigenvalue weighted by atomic mass is 9.91. The molecule has 0 aliphatic rings. The molecule has 0 aromatic carbocycles. The van der Waals surface area contributed by atoms with E-state index in [0.717, 1.165) is 0 Å². The van der Waals surface area contributed by atoms with Gasteiger partial charge in [0.2, 0.25) is 0 Å². The fourth-order valence-electron chi connectivity index (χ4n) is 0.530. The van der Waals surface area contributed by atoms with E-state index < -0.39 is 6.37 Å². The largest absolute Gasteiger partial charge is 0.0654 e. The van der Waals surface area contributed by atoms with Crippen LogP contribution in [0.3, 0.4) is 0 Å². The molecule has 44 valence electrons. The Hall–Kier alpha value is 0. The van der Waals surface area contributed by atoms with Gasteiger partial charge in [-0.1, -0.05) is 34.1 Å². The highest BCUT2D eigenvalue weighted by Gasteiger charge is 2.06. The second kappa shape index (κ2) is 2.34. The van der Waals surface area contributed by atoms with Crippen molar-refractivity contribution in [3.8, 4) is 0 Å². The second-order valence-electron chi connectivity index (χ2n) is 2.78. The summed E-state index contributed by atoms with van der Waals surface area (Å²) in [5, 5.41) is 0. The molecule has 0 aromatic rings.